The number of aromatic nitrogens is 5. The summed E-state index contributed by atoms with van der Waals surface area (Å²) in [6, 6.07) is 8.04. The first-order chi connectivity index (χ1) is 16.3. The Morgan fingerprint density at radius 1 is 1.24 bits per heavy atom. The summed E-state index contributed by atoms with van der Waals surface area (Å²) in [4.78, 5) is 39.8. The standard InChI is InChI=1S/C22H21N7O5/c1-4-34-22(31)17-11-24-28-18(8-9-23-20(17)28)15-6-5-7-16(10-15)26-21(30)14(3)27-13(2)19(12-25-27)29(32)33/h5-12,14H,4H2,1-3H3,(H,26,30). The van der Waals surface area contributed by atoms with Crippen molar-refractivity contribution in [3.63, 3.8) is 0 Å². The molecule has 0 spiro atoms. The van der Waals surface area contributed by atoms with Crippen molar-refractivity contribution in [2.24, 2.45) is 0 Å². The van der Waals surface area contributed by atoms with Crippen molar-refractivity contribution in [3.8, 4) is 11.3 Å². The van der Waals surface area contributed by atoms with Crippen LogP contribution in [0.1, 0.15) is 35.9 Å². The van der Waals surface area contributed by atoms with Crippen LogP contribution in [0.3, 0.4) is 0 Å². The lowest BCUT2D eigenvalue weighted by atomic mass is 10.1. The van der Waals surface area contributed by atoms with E-state index in [1.807, 2.05) is 6.07 Å². The zero-order valence-electron chi connectivity index (χ0n) is 18.6. The Labute approximate surface area is 193 Å². The van der Waals surface area contributed by atoms with Gasteiger partial charge in [-0.1, -0.05) is 12.1 Å². The lowest BCUT2D eigenvalue weighted by Crippen LogP contribution is -2.25. The predicted molar refractivity (Wildman–Crippen MR) is 121 cm³/mol. The third-order valence-electron chi connectivity index (χ3n) is 5.28. The Hall–Kier alpha value is -4.61. The number of hydrogen-bond donors (Lipinski definition) is 1. The maximum absolute atomic E-state index is 12.8. The van der Waals surface area contributed by atoms with Crippen LogP contribution in [0.4, 0.5) is 11.4 Å². The van der Waals surface area contributed by atoms with Crippen LogP contribution in [0.2, 0.25) is 0 Å². The lowest BCUT2D eigenvalue weighted by Gasteiger charge is -2.15. The molecule has 1 atom stereocenters. The van der Waals surface area contributed by atoms with E-state index in [0.29, 0.717) is 17.0 Å². The third kappa shape index (κ3) is 4.08. The molecule has 0 aliphatic heterocycles. The summed E-state index contributed by atoms with van der Waals surface area (Å²) in [5.41, 5.74) is 2.64. The van der Waals surface area contributed by atoms with Gasteiger partial charge < -0.3 is 10.1 Å². The molecule has 1 amide bonds. The fraction of sp³-hybridized carbons (Fsp3) is 0.227. The molecular formula is C22H21N7O5. The van der Waals surface area contributed by atoms with E-state index < -0.39 is 16.9 Å². The fourth-order valence-corrected chi connectivity index (χ4v) is 3.56. The van der Waals surface area contributed by atoms with Crippen molar-refractivity contribution in [1.82, 2.24) is 24.4 Å². The number of anilines is 1. The fourth-order valence-electron chi connectivity index (χ4n) is 3.56. The van der Waals surface area contributed by atoms with Gasteiger partial charge in [-0.15, -0.1) is 0 Å². The van der Waals surface area contributed by atoms with Crippen LogP contribution in [0.15, 0.2) is 48.9 Å². The summed E-state index contributed by atoms with van der Waals surface area (Å²) in [5.74, 6) is -0.895. The van der Waals surface area contributed by atoms with Crippen molar-refractivity contribution in [1.29, 1.82) is 0 Å². The Bertz CT molecular complexity index is 1410. The van der Waals surface area contributed by atoms with Crippen molar-refractivity contribution in [2.45, 2.75) is 26.8 Å². The summed E-state index contributed by atoms with van der Waals surface area (Å²) in [6.45, 7) is 5.11. The molecule has 0 bridgehead atoms. The Kier molecular flexibility index (Phi) is 6.04. The van der Waals surface area contributed by atoms with Crippen molar-refractivity contribution < 1.29 is 19.2 Å². The van der Waals surface area contributed by atoms with Crippen molar-refractivity contribution in [2.75, 3.05) is 11.9 Å². The normalized spacial score (nSPS) is 11.9. The lowest BCUT2D eigenvalue weighted by molar-refractivity contribution is -0.385. The van der Waals surface area contributed by atoms with Gasteiger partial charge in [-0.05, 0) is 39.0 Å². The topological polar surface area (TPSA) is 147 Å². The minimum atomic E-state index is -0.775. The highest BCUT2D eigenvalue weighted by molar-refractivity contribution is 5.96. The minimum Gasteiger partial charge on any atom is -0.462 e. The quantitative estimate of drug-likeness (QED) is 0.250. The molecule has 1 aromatic carbocycles. The highest BCUT2D eigenvalue weighted by atomic mass is 16.6. The van der Waals surface area contributed by atoms with Gasteiger partial charge in [0.1, 0.15) is 23.5 Å². The van der Waals surface area contributed by atoms with E-state index >= 15 is 0 Å². The highest BCUT2D eigenvalue weighted by Crippen LogP contribution is 2.25. The summed E-state index contributed by atoms with van der Waals surface area (Å²) < 4.78 is 7.90. The maximum Gasteiger partial charge on any atom is 0.343 e. The molecule has 0 aliphatic carbocycles. The van der Waals surface area contributed by atoms with Crippen molar-refractivity contribution in [3.05, 3.63) is 70.3 Å². The summed E-state index contributed by atoms with van der Waals surface area (Å²) in [5, 5.41) is 22.2. The molecule has 12 nitrogen and oxygen atoms in total. The predicted octanol–water partition coefficient (Wildman–Crippen LogP) is 3.19. The molecule has 0 saturated heterocycles. The molecule has 3 heterocycles. The van der Waals surface area contributed by atoms with Crippen LogP contribution in [0.5, 0.6) is 0 Å². The average Bonchev–Trinajstić information content (AvgIpc) is 3.42. The number of benzene rings is 1. The Morgan fingerprint density at radius 2 is 2.03 bits per heavy atom. The monoisotopic (exact) mass is 463 g/mol. The molecule has 174 valence electrons. The van der Waals surface area contributed by atoms with Crippen LogP contribution in [0.25, 0.3) is 16.9 Å². The number of fused-ring (bicyclic) bond motifs is 1. The second kappa shape index (κ2) is 9.10. The molecule has 1 unspecified atom stereocenters. The number of ether oxygens (including phenoxy) is 1. The average molecular weight is 463 g/mol. The van der Waals surface area contributed by atoms with Gasteiger partial charge in [0, 0.05) is 17.4 Å². The van der Waals surface area contributed by atoms with Gasteiger partial charge in [0.2, 0.25) is 5.91 Å². The largest absolute Gasteiger partial charge is 0.462 e. The SMILES string of the molecule is CCOC(=O)c1cnn2c(-c3cccc(NC(=O)C(C)n4ncc([N+](=O)[O-])c4C)c3)ccnc12. The number of hydrogen-bond acceptors (Lipinski definition) is 8. The first-order valence-corrected chi connectivity index (χ1v) is 10.4. The Balaban J connectivity index is 1.60. The number of rotatable bonds is 7. The summed E-state index contributed by atoms with van der Waals surface area (Å²) >= 11 is 0. The van der Waals surface area contributed by atoms with Gasteiger partial charge in [0.05, 0.1) is 23.4 Å². The number of nitrogens with zero attached hydrogens (tertiary/aromatic N) is 6. The first-order valence-electron chi connectivity index (χ1n) is 10.4. The van der Waals surface area contributed by atoms with Crippen LogP contribution in [0, 0.1) is 17.0 Å². The molecule has 12 heteroatoms. The number of carbonyl (C=O) groups is 2. The molecular weight excluding hydrogens is 442 g/mol. The van der Waals surface area contributed by atoms with Gasteiger partial charge in [-0.2, -0.15) is 10.2 Å². The van der Waals surface area contributed by atoms with Crippen LogP contribution >= 0.6 is 0 Å². The molecule has 0 saturated carbocycles. The van der Waals surface area contributed by atoms with Crippen LogP contribution in [-0.2, 0) is 9.53 Å². The molecule has 0 fully saturated rings. The van der Waals surface area contributed by atoms with Gasteiger partial charge >= 0.3 is 11.7 Å². The number of amides is 1. The molecule has 0 aliphatic rings. The van der Waals surface area contributed by atoms with Crippen molar-refractivity contribution >= 4 is 28.9 Å². The molecule has 1 N–H and O–H groups in total. The van der Waals surface area contributed by atoms with E-state index in [0.717, 1.165) is 11.8 Å². The van der Waals surface area contributed by atoms with Gasteiger partial charge in [0.15, 0.2) is 5.65 Å². The number of nitrogens with one attached hydrogen (secondary N) is 1. The second-order valence-electron chi connectivity index (χ2n) is 7.41. The van der Waals surface area contributed by atoms with Gasteiger partial charge in [-0.3, -0.25) is 19.6 Å². The molecule has 34 heavy (non-hydrogen) atoms. The molecule has 0 radical (unpaired) electrons. The van der Waals surface area contributed by atoms with Crippen LogP contribution in [-0.4, -0.2) is 47.8 Å². The second-order valence-corrected chi connectivity index (χ2v) is 7.41. The number of carbonyl (C=O) groups excluding carboxylic acids is 2. The smallest absolute Gasteiger partial charge is 0.343 e. The van der Waals surface area contributed by atoms with E-state index in [2.05, 4.69) is 20.5 Å². The summed E-state index contributed by atoms with van der Waals surface area (Å²) in [7, 11) is 0. The molecule has 4 aromatic rings. The zero-order chi connectivity index (χ0) is 24.4. The number of esters is 1. The molecule has 4 rings (SSSR count). The maximum atomic E-state index is 12.8. The Morgan fingerprint density at radius 3 is 2.74 bits per heavy atom. The summed E-state index contributed by atoms with van der Waals surface area (Å²) in [6.07, 6.45) is 4.10. The van der Waals surface area contributed by atoms with Gasteiger partial charge in [0.25, 0.3) is 0 Å². The van der Waals surface area contributed by atoms with E-state index in [1.165, 1.54) is 15.4 Å². The third-order valence-corrected chi connectivity index (χ3v) is 5.28. The van der Waals surface area contributed by atoms with E-state index in [9.17, 15) is 19.7 Å². The minimum absolute atomic E-state index is 0.148. The number of nitro groups is 1. The van der Waals surface area contributed by atoms with E-state index in [-0.39, 0.29) is 29.5 Å². The van der Waals surface area contributed by atoms with E-state index in [4.69, 9.17) is 4.74 Å². The highest BCUT2D eigenvalue weighted by Gasteiger charge is 2.24. The van der Waals surface area contributed by atoms with Crippen LogP contribution < -0.4 is 5.32 Å². The zero-order valence-corrected chi connectivity index (χ0v) is 18.6. The molecule has 3 aromatic heterocycles. The van der Waals surface area contributed by atoms with E-state index in [1.54, 1.807) is 51.2 Å². The van der Waals surface area contributed by atoms with Gasteiger partial charge in [-0.25, -0.2) is 14.3 Å². The first kappa shape index (κ1) is 22.6.